The van der Waals surface area contributed by atoms with E-state index in [9.17, 15) is 4.79 Å². The number of morpholine rings is 1. The number of fused-ring (bicyclic) bond motifs is 1. The first-order valence-corrected chi connectivity index (χ1v) is 8.55. The first-order chi connectivity index (χ1) is 11.7. The first kappa shape index (κ1) is 15.3. The van der Waals surface area contributed by atoms with Gasteiger partial charge in [0.15, 0.2) is 0 Å². The quantitative estimate of drug-likeness (QED) is 0.864. The van der Waals surface area contributed by atoms with Gasteiger partial charge in [0.1, 0.15) is 0 Å². The topological polar surface area (TPSA) is 60.2 Å². The number of aromatic nitrogens is 3. The monoisotopic (exact) mass is 326 g/mol. The van der Waals surface area contributed by atoms with E-state index in [2.05, 4.69) is 10.1 Å². The zero-order valence-corrected chi connectivity index (χ0v) is 13.8. The minimum Gasteiger partial charge on any atom is -0.374 e. The van der Waals surface area contributed by atoms with Crippen LogP contribution in [-0.2, 0) is 11.3 Å². The van der Waals surface area contributed by atoms with Crippen LogP contribution in [-0.4, -0.2) is 50.9 Å². The minimum atomic E-state index is 0.0699. The second-order valence-electron chi connectivity index (χ2n) is 6.66. The van der Waals surface area contributed by atoms with Crippen LogP contribution in [0.2, 0.25) is 0 Å². The molecule has 6 nitrogen and oxygen atoms in total. The number of aryl methyl sites for hydroxylation is 1. The van der Waals surface area contributed by atoms with Crippen LogP contribution < -0.4 is 0 Å². The molecule has 1 saturated heterocycles. The predicted octanol–water partition coefficient (Wildman–Crippen LogP) is 1.91. The number of carbonyl (C=O) groups excluding carboxylic acids is 1. The van der Waals surface area contributed by atoms with E-state index in [0.29, 0.717) is 24.6 Å². The third-order valence-corrected chi connectivity index (χ3v) is 5.12. The van der Waals surface area contributed by atoms with E-state index in [-0.39, 0.29) is 18.1 Å². The van der Waals surface area contributed by atoms with Gasteiger partial charge in [-0.1, -0.05) is 0 Å². The molecule has 1 saturated carbocycles. The van der Waals surface area contributed by atoms with Crippen LogP contribution in [0.15, 0.2) is 36.8 Å². The molecule has 6 heteroatoms. The third kappa shape index (κ3) is 2.82. The van der Waals surface area contributed by atoms with Gasteiger partial charge in [0.05, 0.1) is 24.3 Å². The van der Waals surface area contributed by atoms with Gasteiger partial charge in [-0.2, -0.15) is 5.10 Å². The molecule has 24 heavy (non-hydrogen) atoms. The predicted molar refractivity (Wildman–Crippen MR) is 88.5 cm³/mol. The van der Waals surface area contributed by atoms with Gasteiger partial charge in [-0.25, -0.2) is 0 Å². The Bertz CT molecular complexity index is 698. The molecule has 0 spiro atoms. The fraction of sp³-hybridized carbons (Fsp3) is 0.500. The maximum atomic E-state index is 12.9. The number of hydrogen-bond donors (Lipinski definition) is 0. The number of pyridine rings is 1. The molecule has 0 N–H and O–H groups in total. The van der Waals surface area contributed by atoms with E-state index in [1.165, 1.54) is 0 Å². The number of carbonyl (C=O) groups is 1. The molecular formula is C18H22N4O2. The van der Waals surface area contributed by atoms with Gasteiger partial charge in [0, 0.05) is 43.3 Å². The number of rotatable bonds is 3. The summed E-state index contributed by atoms with van der Waals surface area (Å²) in [5.74, 6) is 0.474. The Kier molecular flexibility index (Phi) is 4.06. The summed E-state index contributed by atoms with van der Waals surface area (Å²) in [5, 5.41) is 4.30. The first-order valence-electron chi connectivity index (χ1n) is 8.55. The lowest BCUT2D eigenvalue weighted by atomic mass is 10.0. The highest BCUT2D eigenvalue weighted by Crippen LogP contribution is 2.36. The molecule has 1 aliphatic heterocycles. The average Bonchev–Trinajstić information content (AvgIpc) is 3.25. The minimum absolute atomic E-state index is 0.0699. The van der Waals surface area contributed by atoms with Gasteiger partial charge in [0.25, 0.3) is 5.91 Å². The van der Waals surface area contributed by atoms with Crippen molar-refractivity contribution in [2.75, 3.05) is 13.2 Å². The summed E-state index contributed by atoms with van der Waals surface area (Å²) in [4.78, 5) is 19.1. The molecule has 3 unspecified atom stereocenters. The fourth-order valence-corrected chi connectivity index (χ4v) is 3.92. The second-order valence-corrected chi connectivity index (χ2v) is 6.66. The molecule has 2 aromatic rings. The summed E-state index contributed by atoms with van der Waals surface area (Å²) in [6, 6.07) is 5.85. The van der Waals surface area contributed by atoms with Crippen molar-refractivity contribution in [1.82, 2.24) is 19.7 Å². The zero-order valence-electron chi connectivity index (χ0n) is 13.8. The Balaban J connectivity index is 1.50. The zero-order chi connectivity index (χ0) is 16.5. The van der Waals surface area contributed by atoms with Gasteiger partial charge in [-0.3, -0.25) is 14.5 Å². The number of nitrogens with zero attached hydrogens (tertiary/aromatic N) is 4. The molecule has 0 radical (unpaired) electrons. The number of hydrogen-bond acceptors (Lipinski definition) is 4. The lowest BCUT2D eigenvalue weighted by Gasteiger charge is -2.39. The Morgan fingerprint density at radius 1 is 1.38 bits per heavy atom. The normalized spacial score (nSPS) is 26.4. The van der Waals surface area contributed by atoms with E-state index in [4.69, 9.17) is 4.74 Å². The van der Waals surface area contributed by atoms with Crippen LogP contribution in [0.3, 0.4) is 0 Å². The van der Waals surface area contributed by atoms with Crippen molar-refractivity contribution < 1.29 is 9.53 Å². The van der Waals surface area contributed by atoms with E-state index in [1.54, 1.807) is 12.4 Å². The molecule has 1 amide bonds. The molecule has 126 valence electrons. The molecule has 0 aromatic carbocycles. The van der Waals surface area contributed by atoms with Crippen LogP contribution in [0.25, 0.3) is 0 Å². The molecule has 4 rings (SSSR count). The summed E-state index contributed by atoms with van der Waals surface area (Å²) < 4.78 is 8.01. The van der Waals surface area contributed by atoms with E-state index in [1.807, 2.05) is 40.9 Å². The summed E-state index contributed by atoms with van der Waals surface area (Å²) in [6.07, 6.45) is 7.61. The summed E-state index contributed by atoms with van der Waals surface area (Å²) in [6.45, 7) is 4.03. The van der Waals surface area contributed by atoms with Crippen LogP contribution in [0.1, 0.15) is 28.9 Å². The van der Waals surface area contributed by atoms with E-state index >= 15 is 0 Å². The van der Waals surface area contributed by atoms with Gasteiger partial charge >= 0.3 is 0 Å². The average molecular weight is 326 g/mol. The smallest absolute Gasteiger partial charge is 0.255 e. The molecule has 3 atom stereocenters. The van der Waals surface area contributed by atoms with Crippen molar-refractivity contribution in [3.63, 3.8) is 0 Å². The molecule has 2 aromatic heterocycles. The maximum Gasteiger partial charge on any atom is 0.255 e. The Labute approximate surface area is 141 Å². The Morgan fingerprint density at radius 2 is 2.29 bits per heavy atom. The third-order valence-electron chi connectivity index (χ3n) is 5.12. The van der Waals surface area contributed by atoms with Gasteiger partial charge in [-0.15, -0.1) is 0 Å². The summed E-state index contributed by atoms with van der Waals surface area (Å²) >= 11 is 0. The Morgan fingerprint density at radius 3 is 3.04 bits per heavy atom. The van der Waals surface area contributed by atoms with Gasteiger partial charge in [-0.05, 0) is 38.0 Å². The summed E-state index contributed by atoms with van der Waals surface area (Å²) in [7, 11) is 0. The lowest BCUT2D eigenvalue weighted by Crippen LogP contribution is -2.53. The molecule has 2 fully saturated rings. The van der Waals surface area contributed by atoms with Gasteiger partial charge < -0.3 is 9.64 Å². The Hall–Kier alpha value is -2.21. The van der Waals surface area contributed by atoms with E-state index < -0.39 is 0 Å². The van der Waals surface area contributed by atoms with Crippen molar-refractivity contribution in [2.24, 2.45) is 5.92 Å². The van der Waals surface area contributed by atoms with Crippen LogP contribution in [0, 0.1) is 12.8 Å². The highest BCUT2D eigenvalue weighted by atomic mass is 16.5. The van der Waals surface area contributed by atoms with Crippen LogP contribution >= 0.6 is 0 Å². The molecule has 3 heterocycles. The van der Waals surface area contributed by atoms with Crippen LogP contribution in [0.5, 0.6) is 0 Å². The van der Waals surface area contributed by atoms with Crippen molar-refractivity contribution in [1.29, 1.82) is 0 Å². The molecular weight excluding hydrogens is 304 g/mol. The maximum absolute atomic E-state index is 12.9. The van der Waals surface area contributed by atoms with Crippen molar-refractivity contribution in [2.45, 2.75) is 38.5 Å². The van der Waals surface area contributed by atoms with Gasteiger partial charge in [0.2, 0.25) is 0 Å². The van der Waals surface area contributed by atoms with E-state index in [0.717, 1.165) is 25.1 Å². The molecule has 0 bridgehead atoms. The fourth-order valence-electron chi connectivity index (χ4n) is 3.92. The highest BCUT2D eigenvalue weighted by Gasteiger charge is 2.44. The lowest BCUT2D eigenvalue weighted by molar-refractivity contribution is -0.0649. The SMILES string of the molecule is Cc1ccc(C(=O)N2CCOC3C(Cn4cccn4)CCC32)cn1. The standard InChI is InChI=1S/C18H22N4O2/c1-13-3-4-14(11-19-13)18(23)22-9-10-24-17-15(5-6-16(17)22)12-21-8-2-7-20-21/h2-4,7-8,11,15-17H,5-6,9-10,12H2,1H3. The molecule has 2 aliphatic rings. The van der Waals surface area contributed by atoms with Crippen molar-refractivity contribution in [3.8, 4) is 0 Å². The highest BCUT2D eigenvalue weighted by molar-refractivity contribution is 5.94. The second kappa shape index (κ2) is 6.36. The van der Waals surface area contributed by atoms with Crippen molar-refractivity contribution in [3.05, 3.63) is 48.0 Å². The summed E-state index contributed by atoms with van der Waals surface area (Å²) in [5.41, 5.74) is 1.59. The largest absolute Gasteiger partial charge is 0.374 e. The number of ether oxygens (including phenoxy) is 1. The van der Waals surface area contributed by atoms with Crippen molar-refractivity contribution >= 4 is 5.91 Å². The number of amides is 1. The van der Waals surface area contributed by atoms with Crippen LogP contribution in [0.4, 0.5) is 0 Å². The molecule has 1 aliphatic carbocycles.